The lowest BCUT2D eigenvalue weighted by Crippen LogP contribution is -2.24. The van der Waals surface area contributed by atoms with Gasteiger partial charge in [-0.15, -0.1) is 0 Å². The molecular formula is C27H22FN3O5. The monoisotopic (exact) mass is 487 g/mol. The number of methoxy groups -OCH3 is 1. The predicted octanol–water partition coefficient (Wildman–Crippen LogP) is 4.36. The molecule has 4 rings (SSSR count). The van der Waals surface area contributed by atoms with Gasteiger partial charge in [-0.1, -0.05) is 18.2 Å². The lowest BCUT2D eigenvalue weighted by Gasteiger charge is -2.12. The fraction of sp³-hybridized carbons (Fsp3) is 0.185. The number of carbonyl (C=O) groups is 1. The Hall–Kier alpha value is -4.55. The number of pyridine rings is 1. The molecule has 0 saturated heterocycles. The zero-order chi connectivity index (χ0) is 25.5. The molecule has 9 heteroatoms. The molecule has 0 bridgehead atoms. The van der Waals surface area contributed by atoms with E-state index in [1.54, 1.807) is 0 Å². The first-order valence-corrected chi connectivity index (χ1v) is 11.1. The molecule has 36 heavy (non-hydrogen) atoms. The van der Waals surface area contributed by atoms with Crippen molar-refractivity contribution >= 4 is 5.78 Å². The van der Waals surface area contributed by atoms with Crippen LogP contribution in [-0.2, 0) is 17.9 Å². The molecule has 2 heterocycles. The molecule has 182 valence electrons. The first-order chi connectivity index (χ1) is 17.5. The normalized spacial score (nSPS) is 10.7. The maximum atomic E-state index is 14.1. The summed E-state index contributed by atoms with van der Waals surface area (Å²) in [6.07, 6.45) is 3.32. The molecule has 0 N–H and O–H groups in total. The molecule has 0 aliphatic heterocycles. The fourth-order valence-electron chi connectivity index (χ4n) is 3.58. The summed E-state index contributed by atoms with van der Waals surface area (Å²) < 4.78 is 31.7. The van der Waals surface area contributed by atoms with Crippen molar-refractivity contribution in [3.05, 3.63) is 106 Å². The van der Waals surface area contributed by atoms with Crippen molar-refractivity contribution < 1.29 is 23.1 Å². The summed E-state index contributed by atoms with van der Waals surface area (Å²) in [6.45, 7) is 0.634. The molecule has 0 aliphatic carbocycles. The number of aryl methyl sites for hydroxylation is 1. The van der Waals surface area contributed by atoms with Gasteiger partial charge in [0.15, 0.2) is 5.78 Å². The Labute approximate surface area is 206 Å². The van der Waals surface area contributed by atoms with Crippen molar-refractivity contribution in [2.75, 3.05) is 13.7 Å². The molecule has 0 fully saturated rings. The van der Waals surface area contributed by atoms with E-state index in [1.807, 2.05) is 36.4 Å². The number of hydrogen-bond donors (Lipinski definition) is 0. The largest absolute Gasteiger partial charge is 0.486 e. The molecule has 0 spiro atoms. The lowest BCUT2D eigenvalue weighted by atomic mass is 10.0. The number of halogens is 1. The predicted molar refractivity (Wildman–Crippen MR) is 128 cm³/mol. The number of oxazole rings is 1. The average Bonchev–Trinajstić information content (AvgIpc) is 3.38. The molecular weight excluding hydrogens is 465 g/mol. The van der Waals surface area contributed by atoms with Crippen molar-refractivity contribution in [1.29, 1.82) is 5.26 Å². The number of benzene rings is 2. The average molecular weight is 487 g/mol. The molecule has 0 aliphatic rings. The second-order valence-corrected chi connectivity index (χ2v) is 7.87. The Morgan fingerprint density at radius 2 is 2.00 bits per heavy atom. The lowest BCUT2D eigenvalue weighted by molar-refractivity contribution is 0.103. The van der Waals surface area contributed by atoms with Gasteiger partial charge in [0, 0.05) is 37.6 Å². The standard InChI is InChI=1S/C27H22FN3O5/c1-34-11-5-10-31-15-20(12-19(14-29)27(31)33)25(32)23-13-21(28)8-9-24(23)35-16-22-17-36-26(30-22)18-6-3-2-4-7-18/h2-4,6-9,12-13,15,17H,5,10-11,16H2,1H3. The van der Waals surface area contributed by atoms with E-state index >= 15 is 0 Å². The van der Waals surface area contributed by atoms with Crippen LogP contribution in [0.2, 0.25) is 0 Å². The number of aromatic nitrogens is 2. The highest BCUT2D eigenvalue weighted by Crippen LogP contribution is 2.25. The molecule has 2 aromatic carbocycles. The van der Waals surface area contributed by atoms with Crippen LogP contribution in [0.25, 0.3) is 11.5 Å². The van der Waals surface area contributed by atoms with Gasteiger partial charge < -0.3 is 18.5 Å². The van der Waals surface area contributed by atoms with Crippen molar-refractivity contribution in [2.45, 2.75) is 19.6 Å². The minimum absolute atomic E-state index is 0.0256. The number of nitriles is 1. The number of hydrogen-bond acceptors (Lipinski definition) is 7. The van der Waals surface area contributed by atoms with Crippen LogP contribution >= 0.6 is 0 Å². The topological polar surface area (TPSA) is 107 Å². The number of ether oxygens (including phenoxy) is 2. The minimum atomic E-state index is -0.632. The molecule has 0 saturated carbocycles. The van der Waals surface area contributed by atoms with Crippen molar-refractivity contribution in [2.24, 2.45) is 0 Å². The van der Waals surface area contributed by atoms with Crippen LogP contribution in [0.1, 0.15) is 33.6 Å². The van der Waals surface area contributed by atoms with Crippen LogP contribution in [0.15, 0.2) is 76.3 Å². The highest BCUT2D eigenvalue weighted by molar-refractivity contribution is 6.10. The molecule has 0 atom stereocenters. The van der Waals surface area contributed by atoms with E-state index in [-0.39, 0.29) is 35.6 Å². The Bertz CT molecular complexity index is 1470. The van der Waals surface area contributed by atoms with Gasteiger partial charge in [-0.25, -0.2) is 9.37 Å². The van der Waals surface area contributed by atoms with Gasteiger partial charge >= 0.3 is 0 Å². The van der Waals surface area contributed by atoms with E-state index in [9.17, 15) is 19.2 Å². The molecule has 8 nitrogen and oxygen atoms in total. The highest BCUT2D eigenvalue weighted by atomic mass is 19.1. The van der Waals surface area contributed by atoms with Crippen LogP contribution in [0, 0.1) is 17.1 Å². The quantitative estimate of drug-likeness (QED) is 0.242. The summed E-state index contributed by atoms with van der Waals surface area (Å²) in [5.74, 6) is -0.676. The van der Waals surface area contributed by atoms with Crippen LogP contribution < -0.4 is 10.3 Å². The first kappa shape index (κ1) is 24.6. The maximum absolute atomic E-state index is 14.1. The first-order valence-electron chi connectivity index (χ1n) is 11.1. The van der Waals surface area contributed by atoms with Gasteiger partial charge in [-0.05, 0) is 42.8 Å². The number of ketones is 1. The van der Waals surface area contributed by atoms with Crippen molar-refractivity contribution in [3.63, 3.8) is 0 Å². The van der Waals surface area contributed by atoms with Crippen LogP contribution in [0.3, 0.4) is 0 Å². The number of rotatable bonds is 10. The molecule has 0 amide bonds. The summed E-state index contributed by atoms with van der Waals surface area (Å²) >= 11 is 0. The Morgan fingerprint density at radius 3 is 2.75 bits per heavy atom. The van der Waals surface area contributed by atoms with Crippen LogP contribution in [0.5, 0.6) is 5.75 Å². The van der Waals surface area contributed by atoms with Crippen LogP contribution in [-0.4, -0.2) is 29.1 Å². The molecule has 0 unspecified atom stereocenters. The Balaban J connectivity index is 1.59. The van der Waals surface area contributed by atoms with Gasteiger partial charge in [0.25, 0.3) is 5.56 Å². The third-order valence-electron chi connectivity index (χ3n) is 5.35. The van der Waals surface area contributed by atoms with Gasteiger partial charge in [-0.2, -0.15) is 5.26 Å². The highest BCUT2D eigenvalue weighted by Gasteiger charge is 2.19. The third kappa shape index (κ3) is 5.56. The van der Waals surface area contributed by atoms with E-state index < -0.39 is 17.2 Å². The van der Waals surface area contributed by atoms with Gasteiger partial charge in [-0.3, -0.25) is 9.59 Å². The second kappa shape index (κ2) is 11.3. The Morgan fingerprint density at radius 1 is 1.19 bits per heavy atom. The molecule has 0 radical (unpaired) electrons. The SMILES string of the molecule is COCCCn1cc(C(=O)c2cc(F)ccc2OCc2coc(-c3ccccc3)n2)cc(C#N)c1=O. The van der Waals surface area contributed by atoms with E-state index in [4.69, 9.17) is 13.9 Å². The number of nitrogens with zero attached hydrogens (tertiary/aromatic N) is 3. The van der Waals surface area contributed by atoms with Gasteiger partial charge in [0.2, 0.25) is 5.89 Å². The van der Waals surface area contributed by atoms with Crippen LogP contribution in [0.4, 0.5) is 4.39 Å². The summed E-state index contributed by atoms with van der Waals surface area (Å²) in [7, 11) is 1.54. The van der Waals surface area contributed by atoms with Gasteiger partial charge in [0.05, 0.1) is 5.56 Å². The van der Waals surface area contributed by atoms with E-state index in [0.29, 0.717) is 24.6 Å². The molecule has 2 aromatic heterocycles. The summed E-state index contributed by atoms with van der Waals surface area (Å²) in [5, 5.41) is 9.38. The summed E-state index contributed by atoms with van der Waals surface area (Å²) in [6, 6.07) is 15.9. The number of carbonyl (C=O) groups excluding carboxylic acids is 1. The summed E-state index contributed by atoms with van der Waals surface area (Å²) in [5.41, 5.74) is 0.597. The third-order valence-corrected chi connectivity index (χ3v) is 5.35. The van der Waals surface area contributed by atoms with Crippen molar-refractivity contribution in [3.8, 4) is 23.3 Å². The zero-order valence-corrected chi connectivity index (χ0v) is 19.4. The van der Waals surface area contributed by atoms with Gasteiger partial charge in [0.1, 0.15) is 41.8 Å². The van der Waals surface area contributed by atoms with Crippen molar-refractivity contribution in [1.82, 2.24) is 9.55 Å². The minimum Gasteiger partial charge on any atom is -0.486 e. The molecule has 4 aromatic rings. The summed E-state index contributed by atoms with van der Waals surface area (Å²) in [4.78, 5) is 30.2. The van der Waals surface area contributed by atoms with E-state index in [2.05, 4.69) is 4.98 Å². The fourth-order valence-corrected chi connectivity index (χ4v) is 3.58. The second-order valence-electron chi connectivity index (χ2n) is 7.87. The smallest absolute Gasteiger partial charge is 0.268 e. The zero-order valence-electron chi connectivity index (χ0n) is 19.4. The van der Waals surface area contributed by atoms with E-state index in [0.717, 1.165) is 11.6 Å². The maximum Gasteiger partial charge on any atom is 0.268 e. The Kier molecular flexibility index (Phi) is 7.68. The van der Waals surface area contributed by atoms with E-state index in [1.165, 1.54) is 42.3 Å².